The quantitative estimate of drug-likeness (QED) is 0.424. The first-order valence-electron chi connectivity index (χ1n) is 8.27. The molecule has 0 aliphatic carbocycles. The number of benzene rings is 2. The molecule has 10 heteroatoms. The minimum Gasteiger partial charge on any atom is -0.493 e. The van der Waals surface area contributed by atoms with Gasteiger partial charge in [-0.1, -0.05) is 0 Å². The van der Waals surface area contributed by atoms with Gasteiger partial charge in [0.05, 0.1) is 24.9 Å². The lowest BCUT2D eigenvalue weighted by Crippen LogP contribution is -2.16. The molecule has 0 spiro atoms. The fraction of sp³-hybridized carbons (Fsp3) is 0.167. The first-order valence-corrected chi connectivity index (χ1v) is 8.27. The zero-order valence-electron chi connectivity index (χ0n) is 15.0. The van der Waals surface area contributed by atoms with Gasteiger partial charge in [-0.05, 0) is 29.8 Å². The highest BCUT2D eigenvalue weighted by Crippen LogP contribution is 2.34. The van der Waals surface area contributed by atoms with Gasteiger partial charge in [0.1, 0.15) is 0 Å². The van der Waals surface area contributed by atoms with Crippen LogP contribution < -0.4 is 15.2 Å². The molecular formula is C18H15N5O5. The molecule has 0 atom stereocenters. The Hall–Kier alpha value is -3.95. The smallest absolute Gasteiger partial charge is 0.364 e. The predicted molar refractivity (Wildman–Crippen MR) is 99.3 cm³/mol. The summed E-state index contributed by atoms with van der Waals surface area (Å²) >= 11 is 0. The Bertz CT molecular complexity index is 1160. The third kappa shape index (κ3) is 2.80. The summed E-state index contributed by atoms with van der Waals surface area (Å²) in [5.74, 6) is 1.48. The van der Waals surface area contributed by atoms with Gasteiger partial charge in [-0.15, -0.1) is 0 Å². The van der Waals surface area contributed by atoms with E-state index in [2.05, 4.69) is 15.3 Å². The van der Waals surface area contributed by atoms with Gasteiger partial charge in [0.2, 0.25) is 0 Å². The van der Waals surface area contributed by atoms with Crippen LogP contribution in [0, 0.1) is 10.1 Å². The van der Waals surface area contributed by atoms with Crippen molar-refractivity contribution in [3.8, 4) is 11.5 Å². The molecule has 2 aromatic carbocycles. The number of fused-ring (bicyclic) bond motifs is 2. The Balaban J connectivity index is 1.97. The number of nitro benzene ring substituents is 1. The van der Waals surface area contributed by atoms with Crippen LogP contribution in [0.2, 0.25) is 0 Å². The van der Waals surface area contributed by atoms with Crippen LogP contribution in [-0.4, -0.2) is 39.7 Å². The molecule has 0 saturated heterocycles. The molecular weight excluding hydrogens is 366 g/mol. The molecule has 0 fully saturated rings. The fourth-order valence-corrected chi connectivity index (χ4v) is 3.11. The van der Waals surface area contributed by atoms with E-state index in [-0.39, 0.29) is 5.69 Å². The number of rotatable bonds is 4. The number of nitro groups is 1. The Morgan fingerprint density at radius 3 is 2.46 bits per heavy atom. The van der Waals surface area contributed by atoms with E-state index < -0.39 is 10.6 Å². The first kappa shape index (κ1) is 17.5. The molecule has 0 unspecified atom stereocenters. The van der Waals surface area contributed by atoms with Gasteiger partial charge < -0.3 is 9.47 Å². The summed E-state index contributed by atoms with van der Waals surface area (Å²) in [5.41, 5.74) is 2.12. The summed E-state index contributed by atoms with van der Waals surface area (Å²) in [6.07, 6.45) is 0.342. The number of ether oxygens (including phenoxy) is 2. The van der Waals surface area contributed by atoms with Gasteiger partial charge in [0.15, 0.2) is 17.3 Å². The number of non-ortho nitro benzene ring substituents is 1. The van der Waals surface area contributed by atoms with E-state index in [1.165, 1.54) is 31.0 Å². The van der Waals surface area contributed by atoms with Crippen molar-refractivity contribution in [1.29, 1.82) is 0 Å². The number of hydrogen-bond donors (Lipinski definition) is 1. The number of nitrogens with one attached hydrogen (secondary N) is 1. The predicted octanol–water partition coefficient (Wildman–Crippen LogP) is 1.70. The zero-order valence-corrected chi connectivity index (χ0v) is 15.0. The molecule has 0 saturated carbocycles. The summed E-state index contributed by atoms with van der Waals surface area (Å²) in [5, 5.41) is 21.9. The maximum atomic E-state index is 12.1. The third-order valence-electron chi connectivity index (χ3n) is 4.48. The van der Waals surface area contributed by atoms with E-state index in [0.29, 0.717) is 35.0 Å². The van der Waals surface area contributed by atoms with Crippen molar-refractivity contribution < 1.29 is 14.4 Å². The van der Waals surface area contributed by atoms with Crippen molar-refractivity contribution in [3.63, 3.8) is 0 Å². The molecule has 0 amide bonds. The summed E-state index contributed by atoms with van der Waals surface area (Å²) < 4.78 is 12.0. The molecule has 1 aromatic heterocycles. The number of aromatic nitrogens is 3. The zero-order chi connectivity index (χ0) is 19.8. The van der Waals surface area contributed by atoms with Crippen molar-refractivity contribution in [2.75, 3.05) is 14.2 Å². The average Bonchev–Trinajstić information content (AvgIpc) is 2.96. The monoisotopic (exact) mass is 381 g/mol. The van der Waals surface area contributed by atoms with Crippen molar-refractivity contribution in [1.82, 2.24) is 14.9 Å². The Labute approximate surface area is 158 Å². The minimum absolute atomic E-state index is 0.0355. The van der Waals surface area contributed by atoms with E-state index in [0.717, 1.165) is 11.1 Å². The van der Waals surface area contributed by atoms with Gasteiger partial charge in [-0.2, -0.15) is 14.9 Å². The van der Waals surface area contributed by atoms with E-state index >= 15 is 0 Å². The second-order valence-corrected chi connectivity index (χ2v) is 6.05. The number of nitrogens with zero attached hydrogens (tertiary/aromatic N) is 4. The highest BCUT2D eigenvalue weighted by molar-refractivity contribution is 6.14. The largest absolute Gasteiger partial charge is 0.493 e. The Morgan fingerprint density at radius 1 is 1.14 bits per heavy atom. The normalized spacial score (nSPS) is 12.4. The second kappa shape index (κ2) is 6.65. The fourth-order valence-electron chi connectivity index (χ4n) is 3.11. The summed E-state index contributed by atoms with van der Waals surface area (Å²) in [4.78, 5) is 22.6. The van der Waals surface area contributed by atoms with Crippen molar-refractivity contribution >= 4 is 11.4 Å². The summed E-state index contributed by atoms with van der Waals surface area (Å²) in [7, 11) is 3.07. The van der Waals surface area contributed by atoms with Gasteiger partial charge in [0, 0.05) is 29.7 Å². The van der Waals surface area contributed by atoms with E-state index in [1.54, 1.807) is 18.2 Å². The minimum atomic E-state index is -0.473. The van der Waals surface area contributed by atoms with Gasteiger partial charge in [0.25, 0.3) is 5.69 Å². The van der Waals surface area contributed by atoms with Crippen molar-refractivity contribution in [2.24, 2.45) is 5.10 Å². The molecule has 0 radical (unpaired) electrons. The van der Waals surface area contributed by atoms with Crippen LogP contribution in [0.25, 0.3) is 0 Å². The van der Waals surface area contributed by atoms with Crippen LogP contribution in [-0.2, 0) is 6.42 Å². The molecule has 10 nitrogen and oxygen atoms in total. The maximum absolute atomic E-state index is 12.1. The topological polar surface area (TPSA) is 125 Å². The molecule has 0 bridgehead atoms. The molecule has 142 valence electrons. The molecule has 28 heavy (non-hydrogen) atoms. The van der Waals surface area contributed by atoms with Crippen molar-refractivity contribution in [2.45, 2.75) is 6.42 Å². The van der Waals surface area contributed by atoms with Gasteiger partial charge >= 0.3 is 5.69 Å². The summed E-state index contributed by atoms with van der Waals surface area (Å²) in [6.45, 7) is 0. The number of methoxy groups -OCH3 is 2. The standard InChI is InChI=1S/C18H15N5O5/c1-27-14-7-11-8-16-19-20-18(24)22(16)21-17(13(11)9-15(14)28-2)10-3-5-12(6-4-10)23(25)26/h3-7,9H,8H2,1-2H3,(H,20,24). The highest BCUT2D eigenvalue weighted by Gasteiger charge is 2.24. The number of H-pyrrole nitrogens is 1. The lowest BCUT2D eigenvalue weighted by atomic mass is 9.95. The number of aromatic amines is 1. The van der Waals surface area contributed by atoms with Crippen LogP contribution in [0.4, 0.5) is 5.69 Å². The first-order chi connectivity index (χ1) is 13.5. The van der Waals surface area contributed by atoms with E-state index in [1.807, 2.05) is 6.07 Å². The maximum Gasteiger partial charge on any atom is 0.364 e. The average molecular weight is 381 g/mol. The third-order valence-corrected chi connectivity index (χ3v) is 4.48. The van der Waals surface area contributed by atoms with Crippen LogP contribution >= 0.6 is 0 Å². The molecule has 1 aliphatic rings. The molecule has 2 heterocycles. The van der Waals surface area contributed by atoms with E-state index in [4.69, 9.17) is 9.47 Å². The summed E-state index contributed by atoms with van der Waals surface area (Å²) in [6, 6.07) is 9.55. The van der Waals surface area contributed by atoms with Crippen molar-refractivity contribution in [3.05, 3.63) is 79.5 Å². The highest BCUT2D eigenvalue weighted by atomic mass is 16.6. The van der Waals surface area contributed by atoms with Crippen LogP contribution in [0.1, 0.15) is 22.5 Å². The number of hydrogen-bond acceptors (Lipinski definition) is 7. The second-order valence-electron chi connectivity index (χ2n) is 6.05. The van der Waals surface area contributed by atoms with E-state index in [9.17, 15) is 14.9 Å². The molecule has 3 aromatic rings. The van der Waals surface area contributed by atoms with Crippen LogP contribution in [0.15, 0.2) is 46.3 Å². The lowest BCUT2D eigenvalue weighted by Gasteiger charge is -2.14. The van der Waals surface area contributed by atoms with Gasteiger partial charge in [-0.3, -0.25) is 10.1 Å². The lowest BCUT2D eigenvalue weighted by molar-refractivity contribution is -0.384. The molecule has 1 N–H and O–H groups in total. The molecule has 1 aliphatic heterocycles. The van der Waals surface area contributed by atoms with Crippen LogP contribution in [0.3, 0.4) is 0 Å². The van der Waals surface area contributed by atoms with Gasteiger partial charge in [-0.25, -0.2) is 9.89 Å². The SMILES string of the molecule is COc1cc2c(cc1OC)C(c1ccc([N+](=O)[O-])cc1)=Nn1c(n[nH]c1=O)C2. The molecule has 4 rings (SSSR count). The van der Waals surface area contributed by atoms with Crippen LogP contribution in [0.5, 0.6) is 11.5 Å². The Kier molecular flexibility index (Phi) is 4.15. The Morgan fingerprint density at radius 2 is 1.82 bits per heavy atom.